The number of carboxylic acids is 1. The Kier molecular flexibility index (Phi) is 8.08. The highest BCUT2D eigenvalue weighted by molar-refractivity contribution is 7.99. The Morgan fingerprint density at radius 2 is 1.70 bits per heavy atom. The lowest BCUT2D eigenvalue weighted by Crippen LogP contribution is -2.23. The van der Waals surface area contributed by atoms with Gasteiger partial charge < -0.3 is 15.5 Å². The van der Waals surface area contributed by atoms with Gasteiger partial charge in [-0.15, -0.1) is 11.8 Å². The van der Waals surface area contributed by atoms with E-state index in [0.717, 1.165) is 40.3 Å². The SMILES string of the molecule is CCSc1cc(-c2ccc(CCNC[C@@H](O)c3ccccc3)cc2)ccc1C(=O)O. The monoisotopic (exact) mass is 421 g/mol. The number of nitrogens with one attached hydrogen (secondary N) is 1. The van der Waals surface area contributed by atoms with Crippen molar-refractivity contribution in [3.63, 3.8) is 0 Å². The van der Waals surface area contributed by atoms with Gasteiger partial charge in [0.05, 0.1) is 11.7 Å². The molecule has 0 radical (unpaired) electrons. The van der Waals surface area contributed by atoms with E-state index in [1.807, 2.05) is 49.4 Å². The Labute approximate surface area is 182 Å². The first-order valence-corrected chi connectivity index (χ1v) is 11.1. The van der Waals surface area contributed by atoms with Crippen molar-refractivity contribution in [1.82, 2.24) is 5.32 Å². The molecule has 0 aliphatic rings. The van der Waals surface area contributed by atoms with Crippen molar-refractivity contribution in [2.24, 2.45) is 0 Å². The fraction of sp³-hybridized carbons (Fsp3) is 0.240. The third kappa shape index (κ3) is 5.95. The molecule has 3 aromatic carbocycles. The molecule has 3 aromatic rings. The fourth-order valence-corrected chi connectivity index (χ4v) is 4.11. The molecule has 156 valence electrons. The molecule has 0 aliphatic carbocycles. The van der Waals surface area contributed by atoms with E-state index in [1.165, 1.54) is 5.56 Å². The van der Waals surface area contributed by atoms with Crippen LogP contribution in [0.15, 0.2) is 77.7 Å². The molecule has 0 saturated carbocycles. The summed E-state index contributed by atoms with van der Waals surface area (Å²) < 4.78 is 0. The predicted molar refractivity (Wildman–Crippen MR) is 123 cm³/mol. The van der Waals surface area contributed by atoms with Gasteiger partial charge in [0, 0.05) is 11.4 Å². The Hall–Kier alpha value is -2.60. The Morgan fingerprint density at radius 3 is 2.37 bits per heavy atom. The summed E-state index contributed by atoms with van der Waals surface area (Å²) in [5, 5.41) is 22.9. The van der Waals surface area contributed by atoms with Gasteiger partial charge in [-0.3, -0.25) is 0 Å². The van der Waals surface area contributed by atoms with Crippen molar-refractivity contribution in [3.8, 4) is 11.1 Å². The first-order valence-electron chi connectivity index (χ1n) is 10.1. The van der Waals surface area contributed by atoms with Gasteiger partial charge in [0.2, 0.25) is 0 Å². The van der Waals surface area contributed by atoms with Crippen LogP contribution in [0.3, 0.4) is 0 Å². The molecule has 30 heavy (non-hydrogen) atoms. The van der Waals surface area contributed by atoms with Crippen LogP contribution >= 0.6 is 11.8 Å². The minimum Gasteiger partial charge on any atom is -0.478 e. The molecular formula is C25H27NO3S. The van der Waals surface area contributed by atoms with Crippen molar-refractivity contribution in [1.29, 1.82) is 0 Å². The zero-order valence-electron chi connectivity index (χ0n) is 17.0. The molecule has 1 atom stereocenters. The zero-order chi connectivity index (χ0) is 21.3. The van der Waals surface area contributed by atoms with Crippen LogP contribution in [0.4, 0.5) is 0 Å². The number of rotatable bonds is 10. The summed E-state index contributed by atoms with van der Waals surface area (Å²) in [6, 6.07) is 23.5. The molecule has 3 N–H and O–H groups in total. The molecule has 0 bridgehead atoms. The molecule has 5 heteroatoms. The fourth-order valence-electron chi connectivity index (χ4n) is 3.28. The summed E-state index contributed by atoms with van der Waals surface area (Å²) in [5.41, 5.74) is 4.58. The number of aliphatic hydroxyl groups is 1. The van der Waals surface area contributed by atoms with Gasteiger partial charge in [-0.25, -0.2) is 4.79 Å². The normalized spacial score (nSPS) is 11.9. The average Bonchev–Trinajstić information content (AvgIpc) is 2.77. The molecule has 0 aromatic heterocycles. The molecule has 0 spiro atoms. The molecule has 4 nitrogen and oxygen atoms in total. The highest BCUT2D eigenvalue weighted by Gasteiger charge is 2.11. The van der Waals surface area contributed by atoms with Crippen molar-refractivity contribution in [2.75, 3.05) is 18.8 Å². The highest BCUT2D eigenvalue weighted by atomic mass is 32.2. The van der Waals surface area contributed by atoms with Crippen molar-refractivity contribution in [2.45, 2.75) is 24.3 Å². The van der Waals surface area contributed by atoms with Crippen LogP contribution in [0.5, 0.6) is 0 Å². The van der Waals surface area contributed by atoms with Crippen molar-refractivity contribution in [3.05, 3.63) is 89.5 Å². The Bertz CT molecular complexity index is 958. The van der Waals surface area contributed by atoms with Gasteiger partial charge >= 0.3 is 5.97 Å². The number of aliphatic hydroxyl groups excluding tert-OH is 1. The molecule has 0 fully saturated rings. The van der Waals surface area contributed by atoms with E-state index in [0.29, 0.717) is 12.1 Å². The second kappa shape index (κ2) is 11.0. The maximum absolute atomic E-state index is 11.4. The standard InChI is InChI=1S/C25H27NO3S/c1-2-30-24-16-21(12-13-22(24)25(28)29)19-10-8-18(9-11-19)14-15-26-17-23(27)20-6-4-3-5-7-20/h3-13,16,23,26-27H,2,14-15,17H2,1H3,(H,28,29)/t23-/m1/s1. The summed E-state index contributed by atoms with van der Waals surface area (Å²) >= 11 is 1.55. The second-order valence-corrected chi connectivity index (χ2v) is 8.33. The van der Waals surface area contributed by atoms with E-state index in [-0.39, 0.29) is 0 Å². The first-order chi connectivity index (χ1) is 14.6. The number of hydrogen-bond donors (Lipinski definition) is 3. The number of thioether (sulfide) groups is 1. The van der Waals surface area contributed by atoms with Gasteiger partial charge in [-0.2, -0.15) is 0 Å². The summed E-state index contributed by atoms with van der Waals surface area (Å²) in [7, 11) is 0. The quantitative estimate of drug-likeness (QED) is 0.316. The molecule has 0 amide bonds. The van der Waals surface area contributed by atoms with E-state index >= 15 is 0 Å². The Balaban J connectivity index is 1.56. The van der Waals surface area contributed by atoms with Crippen LogP contribution in [0.2, 0.25) is 0 Å². The summed E-state index contributed by atoms with van der Waals surface area (Å²) in [6.07, 6.45) is 0.369. The van der Waals surface area contributed by atoms with E-state index < -0.39 is 12.1 Å². The average molecular weight is 422 g/mol. The maximum Gasteiger partial charge on any atom is 0.336 e. The molecule has 0 saturated heterocycles. The largest absolute Gasteiger partial charge is 0.478 e. The van der Waals surface area contributed by atoms with Crippen LogP contribution in [-0.2, 0) is 6.42 Å². The van der Waals surface area contributed by atoms with Crippen LogP contribution in [-0.4, -0.2) is 35.0 Å². The lowest BCUT2D eigenvalue weighted by Gasteiger charge is -2.12. The van der Waals surface area contributed by atoms with Gasteiger partial charge in [-0.1, -0.05) is 67.6 Å². The smallest absolute Gasteiger partial charge is 0.336 e. The molecule has 3 rings (SSSR count). The lowest BCUT2D eigenvalue weighted by atomic mass is 10.0. The highest BCUT2D eigenvalue weighted by Crippen LogP contribution is 2.29. The molecule has 0 aliphatic heterocycles. The van der Waals surface area contributed by atoms with E-state index in [2.05, 4.69) is 29.6 Å². The van der Waals surface area contributed by atoms with Gasteiger partial charge in [0.1, 0.15) is 0 Å². The predicted octanol–water partition coefficient (Wildman–Crippen LogP) is 5.03. The minimum absolute atomic E-state index is 0.353. The molecule has 0 unspecified atom stereocenters. The van der Waals surface area contributed by atoms with E-state index in [1.54, 1.807) is 17.8 Å². The Morgan fingerprint density at radius 1 is 1.00 bits per heavy atom. The minimum atomic E-state index is -0.891. The van der Waals surface area contributed by atoms with E-state index in [4.69, 9.17) is 0 Å². The molecular weight excluding hydrogens is 394 g/mol. The zero-order valence-corrected chi connectivity index (χ0v) is 17.9. The van der Waals surface area contributed by atoms with Crippen LogP contribution < -0.4 is 5.32 Å². The number of carboxylic acid groups (broad SMARTS) is 1. The lowest BCUT2D eigenvalue weighted by molar-refractivity contribution is 0.0693. The summed E-state index contributed by atoms with van der Waals surface area (Å²) in [6.45, 7) is 3.33. The number of carbonyl (C=O) groups is 1. The van der Waals surface area contributed by atoms with Crippen LogP contribution in [0.1, 0.15) is 34.5 Å². The molecule has 0 heterocycles. The van der Waals surface area contributed by atoms with Gasteiger partial charge in [0.25, 0.3) is 0 Å². The summed E-state index contributed by atoms with van der Waals surface area (Å²) in [5.74, 6) is -0.0630. The van der Waals surface area contributed by atoms with Crippen molar-refractivity contribution < 1.29 is 15.0 Å². The third-order valence-electron chi connectivity index (χ3n) is 4.91. The second-order valence-electron chi connectivity index (χ2n) is 7.03. The summed E-state index contributed by atoms with van der Waals surface area (Å²) in [4.78, 5) is 12.2. The van der Waals surface area contributed by atoms with Crippen LogP contribution in [0, 0.1) is 0 Å². The number of aromatic carboxylic acids is 1. The maximum atomic E-state index is 11.4. The van der Waals surface area contributed by atoms with Gasteiger partial charge in [-0.05, 0) is 53.1 Å². The van der Waals surface area contributed by atoms with Crippen LogP contribution in [0.25, 0.3) is 11.1 Å². The first kappa shape index (κ1) is 22.1. The van der Waals surface area contributed by atoms with Gasteiger partial charge in [0.15, 0.2) is 0 Å². The van der Waals surface area contributed by atoms with E-state index in [9.17, 15) is 15.0 Å². The number of benzene rings is 3. The van der Waals surface area contributed by atoms with Crippen molar-refractivity contribution >= 4 is 17.7 Å². The topological polar surface area (TPSA) is 69.6 Å². The third-order valence-corrected chi connectivity index (χ3v) is 5.85. The number of hydrogen-bond acceptors (Lipinski definition) is 4.